The number of amides is 2. The molecule has 1 aromatic carbocycles. The van der Waals surface area contributed by atoms with Gasteiger partial charge in [-0.25, -0.2) is 4.39 Å². The number of benzene rings is 1. The summed E-state index contributed by atoms with van der Waals surface area (Å²) in [5.41, 5.74) is 4.92. The molecule has 1 aromatic rings. The molecule has 0 aliphatic carbocycles. The molecule has 0 saturated carbocycles. The van der Waals surface area contributed by atoms with Crippen molar-refractivity contribution in [2.75, 3.05) is 19.7 Å². The smallest absolute Gasteiger partial charge is 0.323 e. The second kappa shape index (κ2) is 7.07. The fraction of sp³-hybridized carbons (Fsp3) is 0.250. The van der Waals surface area contributed by atoms with Crippen LogP contribution >= 0.6 is 0 Å². The number of ether oxygens (including phenoxy) is 1. The van der Waals surface area contributed by atoms with E-state index in [1.165, 1.54) is 18.2 Å². The molecule has 1 rings (SSSR count). The van der Waals surface area contributed by atoms with Crippen LogP contribution in [0.2, 0.25) is 0 Å². The molecule has 0 unspecified atom stereocenters. The van der Waals surface area contributed by atoms with Crippen LogP contribution in [-0.4, -0.2) is 47.5 Å². The summed E-state index contributed by atoms with van der Waals surface area (Å²) in [4.78, 5) is 33.8. The first-order valence-corrected chi connectivity index (χ1v) is 5.54. The van der Waals surface area contributed by atoms with Crippen LogP contribution in [0.3, 0.4) is 0 Å². The van der Waals surface area contributed by atoms with E-state index in [0.29, 0.717) is 0 Å². The van der Waals surface area contributed by atoms with Gasteiger partial charge in [-0.15, -0.1) is 0 Å². The van der Waals surface area contributed by atoms with Crippen molar-refractivity contribution in [3.8, 4) is 5.75 Å². The third-order valence-corrected chi connectivity index (χ3v) is 2.18. The highest BCUT2D eigenvalue weighted by Crippen LogP contribution is 2.11. The number of nitrogens with two attached hydrogens (primary N) is 1. The number of carbonyl (C=O) groups excluding carboxylic acids is 2. The summed E-state index contributed by atoms with van der Waals surface area (Å²) in [6.07, 6.45) is 0. The maximum atomic E-state index is 12.9. The van der Waals surface area contributed by atoms with E-state index in [2.05, 4.69) is 0 Å². The molecule has 20 heavy (non-hydrogen) atoms. The monoisotopic (exact) mass is 284 g/mol. The van der Waals surface area contributed by atoms with Gasteiger partial charge in [0.25, 0.3) is 5.91 Å². The Kier molecular flexibility index (Phi) is 5.45. The topological polar surface area (TPSA) is 110 Å². The molecule has 0 aliphatic rings. The zero-order valence-corrected chi connectivity index (χ0v) is 10.4. The molecule has 0 bridgehead atoms. The van der Waals surface area contributed by atoms with Crippen molar-refractivity contribution in [1.82, 2.24) is 4.90 Å². The van der Waals surface area contributed by atoms with Gasteiger partial charge < -0.3 is 20.5 Å². The summed E-state index contributed by atoms with van der Waals surface area (Å²) in [6.45, 7) is -1.73. The van der Waals surface area contributed by atoms with Crippen LogP contribution in [0.5, 0.6) is 5.75 Å². The number of carbonyl (C=O) groups is 3. The van der Waals surface area contributed by atoms with E-state index in [1.54, 1.807) is 0 Å². The van der Waals surface area contributed by atoms with Crippen molar-refractivity contribution in [3.63, 3.8) is 0 Å². The highest BCUT2D eigenvalue weighted by Gasteiger charge is 2.19. The number of carboxylic acids is 1. The number of halogens is 1. The molecule has 3 N–H and O–H groups in total. The minimum absolute atomic E-state index is 0.118. The Morgan fingerprint density at radius 2 is 2.00 bits per heavy atom. The average Bonchev–Trinajstić information content (AvgIpc) is 2.34. The summed E-state index contributed by atoms with van der Waals surface area (Å²) in [6, 6.07) is 5.11. The van der Waals surface area contributed by atoms with Crippen LogP contribution < -0.4 is 10.5 Å². The summed E-state index contributed by atoms with van der Waals surface area (Å²) in [5, 5.41) is 8.63. The Labute approximate surface area is 113 Å². The van der Waals surface area contributed by atoms with E-state index in [-0.39, 0.29) is 5.75 Å². The quantitative estimate of drug-likeness (QED) is 0.708. The number of hydrogen-bond donors (Lipinski definition) is 2. The van der Waals surface area contributed by atoms with E-state index in [9.17, 15) is 18.8 Å². The normalized spacial score (nSPS) is 9.85. The number of carboxylic acid groups (broad SMARTS) is 1. The Hall–Kier alpha value is -2.64. The van der Waals surface area contributed by atoms with E-state index < -0.39 is 43.3 Å². The average molecular weight is 284 g/mol. The molecule has 0 atom stereocenters. The summed E-state index contributed by atoms with van der Waals surface area (Å²) >= 11 is 0. The standard InChI is InChI=1S/C12H13FN2O5/c13-8-2-1-3-9(4-8)20-7-11(17)15(5-10(14)16)6-12(18)19/h1-4H,5-7H2,(H2,14,16)(H,18,19). The van der Waals surface area contributed by atoms with Gasteiger partial charge >= 0.3 is 5.97 Å². The first-order valence-electron chi connectivity index (χ1n) is 5.54. The second-order valence-electron chi connectivity index (χ2n) is 3.86. The molecule has 0 saturated heterocycles. The number of rotatable bonds is 7. The van der Waals surface area contributed by atoms with Gasteiger partial charge in [-0.3, -0.25) is 14.4 Å². The van der Waals surface area contributed by atoms with Crippen molar-refractivity contribution < 1.29 is 28.6 Å². The van der Waals surface area contributed by atoms with Crippen molar-refractivity contribution in [1.29, 1.82) is 0 Å². The lowest BCUT2D eigenvalue weighted by Gasteiger charge is -2.19. The fourth-order valence-electron chi connectivity index (χ4n) is 1.38. The van der Waals surface area contributed by atoms with Crippen molar-refractivity contribution >= 4 is 17.8 Å². The van der Waals surface area contributed by atoms with Gasteiger partial charge in [-0.1, -0.05) is 6.07 Å². The SMILES string of the molecule is NC(=O)CN(CC(=O)O)C(=O)COc1cccc(F)c1. The van der Waals surface area contributed by atoms with Gasteiger partial charge in [0.2, 0.25) is 5.91 Å². The molecule has 0 aliphatic heterocycles. The number of nitrogens with zero attached hydrogens (tertiary/aromatic N) is 1. The largest absolute Gasteiger partial charge is 0.484 e. The third kappa shape index (κ3) is 5.34. The third-order valence-electron chi connectivity index (χ3n) is 2.18. The van der Waals surface area contributed by atoms with E-state index >= 15 is 0 Å². The van der Waals surface area contributed by atoms with E-state index in [0.717, 1.165) is 11.0 Å². The highest BCUT2D eigenvalue weighted by atomic mass is 19.1. The maximum absolute atomic E-state index is 12.9. The summed E-state index contributed by atoms with van der Waals surface area (Å²) < 4.78 is 17.9. The van der Waals surface area contributed by atoms with Gasteiger partial charge in [0.05, 0.1) is 0 Å². The van der Waals surface area contributed by atoms with Crippen LogP contribution in [-0.2, 0) is 14.4 Å². The lowest BCUT2D eigenvalue weighted by molar-refractivity contribution is -0.146. The van der Waals surface area contributed by atoms with Gasteiger partial charge in [0.1, 0.15) is 24.7 Å². The Bertz CT molecular complexity index is 504. The van der Waals surface area contributed by atoms with Crippen molar-refractivity contribution in [2.24, 2.45) is 5.73 Å². The number of primary amides is 1. The molecular weight excluding hydrogens is 271 g/mol. The molecule has 0 heterocycles. The van der Waals surface area contributed by atoms with Crippen LogP contribution in [0.25, 0.3) is 0 Å². The Morgan fingerprint density at radius 3 is 2.55 bits per heavy atom. The minimum Gasteiger partial charge on any atom is -0.484 e. The Morgan fingerprint density at radius 1 is 1.30 bits per heavy atom. The Balaban J connectivity index is 2.61. The molecular formula is C12H13FN2O5. The maximum Gasteiger partial charge on any atom is 0.323 e. The van der Waals surface area contributed by atoms with Gasteiger partial charge in [-0.05, 0) is 12.1 Å². The predicted octanol–water partition coefficient (Wildman–Crippen LogP) is -0.397. The highest BCUT2D eigenvalue weighted by molar-refractivity contribution is 5.87. The minimum atomic E-state index is -1.29. The molecule has 108 valence electrons. The van der Waals surface area contributed by atoms with Crippen LogP contribution in [0, 0.1) is 5.82 Å². The zero-order chi connectivity index (χ0) is 15.1. The zero-order valence-electron chi connectivity index (χ0n) is 10.4. The molecule has 0 fully saturated rings. The van der Waals surface area contributed by atoms with E-state index in [1.807, 2.05) is 0 Å². The van der Waals surface area contributed by atoms with Crippen molar-refractivity contribution in [3.05, 3.63) is 30.1 Å². The first kappa shape index (κ1) is 15.4. The van der Waals surface area contributed by atoms with Gasteiger partial charge in [0, 0.05) is 6.07 Å². The van der Waals surface area contributed by atoms with Crippen LogP contribution in [0.1, 0.15) is 0 Å². The molecule has 0 aromatic heterocycles. The summed E-state index contributed by atoms with van der Waals surface area (Å²) in [7, 11) is 0. The lowest BCUT2D eigenvalue weighted by atomic mass is 10.3. The molecule has 0 spiro atoms. The molecule has 0 radical (unpaired) electrons. The molecule has 8 heteroatoms. The van der Waals surface area contributed by atoms with E-state index in [4.69, 9.17) is 15.6 Å². The fourth-order valence-corrected chi connectivity index (χ4v) is 1.38. The molecule has 2 amide bonds. The number of aliphatic carboxylic acids is 1. The van der Waals surface area contributed by atoms with Crippen LogP contribution in [0.4, 0.5) is 4.39 Å². The van der Waals surface area contributed by atoms with Crippen LogP contribution in [0.15, 0.2) is 24.3 Å². The van der Waals surface area contributed by atoms with Crippen molar-refractivity contribution in [2.45, 2.75) is 0 Å². The number of hydrogen-bond acceptors (Lipinski definition) is 4. The van der Waals surface area contributed by atoms with Gasteiger partial charge in [-0.2, -0.15) is 0 Å². The molecule has 7 nitrogen and oxygen atoms in total. The second-order valence-corrected chi connectivity index (χ2v) is 3.86. The first-order chi connectivity index (χ1) is 9.38. The predicted molar refractivity (Wildman–Crippen MR) is 65.3 cm³/mol. The van der Waals surface area contributed by atoms with Gasteiger partial charge in [0.15, 0.2) is 6.61 Å². The lowest BCUT2D eigenvalue weighted by Crippen LogP contribution is -2.43. The summed E-state index contributed by atoms with van der Waals surface area (Å²) in [5.74, 6) is -3.28.